The Bertz CT molecular complexity index is 652. The number of aromatic amines is 1. The Labute approximate surface area is 109 Å². The highest BCUT2D eigenvalue weighted by atomic mass is 19.1. The van der Waals surface area contributed by atoms with Crippen molar-refractivity contribution in [3.8, 4) is 0 Å². The predicted octanol–water partition coefficient (Wildman–Crippen LogP) is 2.01. The van der Waals surface area contributed by atoms with Gasteiger partial charge in [0.25, 0.3) is 5.91 Å². The minimum atomic E-state index is -0.372. The smallest absolute Gasteiger partial charge is 0.252 e. The molecule has 2 rings (SSSR count). The molecule has 0 aliphatic carbocycles. The molecule has 1 heterocycles. The van der Waals surface area contributed by atoms with E-state index in [0.29, 0.717) is 5.56 Å². The summed E-state index contributed by atoms with van der Waals surface area (Å²) in [4.78, 5) is 25.5. The normalized spacial score (nSPS) is 11.9. The fraction of sp³-hybridized carbons (Fsp3) is 0.143. The van der Waals surface area contributed by atoms with E-state index in [-0.39, 0.29) is 28.9 Å². The number of rotatable bonds is 3. The van der Waals surface area contributed by atoms with Gasteiger partial charge in [0.15, 0.2) is 0 Å². The third-order valence-corrected chi connectivity index (χ3v) is 2.73. The van der Waals surface area contributed by atoms with Crippen LogP contribution >= 0.6 is 0 Å². The number of aromatic nitrogens is 1. The van der Waals surface area contributed by atoms with E-state index in [4.69, 9.17) is 0 Å². The van der Waals surface area contributed by atoms with Crippen LogP contribution in [0.1, 0.15) is 28.9 Å². The van der Waals surface area contributed by atoms with Gasteiger partial charge in [0.1, 0.15) is 5.82 Å². The van der Waals surface area contributed by atoms with Gasteiger partial charge in [0.05, 0.1) is 6.04 Å². The van der Waals surface area contributed by atoms with E-state index in [1.165, 1.54) is 30.5 Å². The van der Waals surface area contributed by atoms with Crippen LogP contribution in [0.3, 0.4) is 0 Å². The van der Waals surface area contributed by atoms with E-state index < -0.39 is 0 Å². The van der Waals surface area contributed by atoms with Crippen molar-refractivity contribution in [1.29, 1.82) is 0 Å². The molecule has 2 aromatic rings. The van der Waals surface area contributed by atoms with Gasteiger partial charge in [-0.2, -0.15) is 0 Å². The Morgan fingerprint density at radius 1 is 1.32 bits per heavy atom. The average molecular weight is 260 g/mol. The number of halogens is 1. The summed E-state index contributed by atoms with van der Waals surface area (Å²) in [7, 11) is 0. The molecule has 1 atom stereocenters. The summed E-state index contributed by atoms with van der Waals surface area (Å²) in [5, 5.41) is 2.71. The fourth-order valence-electron chi connectivity index (χ4n) is 1.73. The van der Waals surface area contributed by atoms with Crippen molar-refractivity contribution in [2.45, 2.75) is 13.0 Å². The Balaban J connectivity index is 2.13. The maximum absolute atomic E-state index is 13.1. The Kier molecular flexibility index (Phi) is 3.75. The molecular formula is C14H13FN2O2. The Hall–Kier alpha value is -2.43. The van der Waals surface area contributed by atoms with Crippen molar-refractivity contribution in [3.05, 3.63) is 69.9 Å². The molecule has 0 aliphatic rings. The number of nitrogens with one attached hydrogen (secondary N) is 2. The van der Waals surface area contributed by atoms with E-state index in [0.717, 1.165) is 0 Å². The average Bonchev–Trinajstić information content (AvgIpc) is 2.38. The molecule has 98 valence electrons. The second kappa shape index (κ2) is 5.48. The van der Waals surface area contributed by atoms with Gasteiger partial charge < -0.3 is 10.3 Å². The molecule has 4 nitrogen and oxygen atoms in total. The monoisotopic (exact) mass is 260 g/mol. The van der Waals surface area contributed by atoms with Gasteiger partial charge in [-0.3, -0.25) is 9.59 Å². The summed E-state index contributed by atoms with van der Waals surface area (Å²) in [5.41, 5.74) is 0.594. The summed E-state index contributed by atoms with van der Waals surface area (Å²) in [5.74, 6) is -0.724. The summed E-state index contributed by atoms with van der Waals surface area (Å²) < 4.78 is 13.1. The number of H-pyrrole nitrogens is 1. The lowest BCUT2D eigenvalue weighted by atomic mass is 10.1. The zero-order valence-electron chi connectivity index (χ0n) is 10.3. The van der Waals surface area contributed by atoms with Crippen molar-refractivity contribution in [2.24, 2.45) is 0 Å². The molecule has 0 saturated heterocycles. The van der Waals surface area contributed by atoms with E-state index in [9.17, 15) is 14.0 Å². The van der Waals surface area contributed by atoms with Crippen molar-refractivity contribution >= 4 is 5.91 Å². The first-order chi connectivity index (χ1) is 9.06. The van der Waals surface area contributed by atoms with E-state index in [2.05, 4.69) is 10.3 Å². The summed E-state index contributed by atoms with van der Waals surface area (Å²) in [6.07, 6.45) is 1.41. The minimum Gasteiger partial charge on any atom is -0.346 e. The first-order valence-corrected chi connectivity index (χ1v) is 5.81. The number of pyridine rings is 1. The maximum atomic E-state index is 13.1. The van der Waals surface area contributed by atoms with Crippen molar-refractivity contribution < 1.29 is 9.18 Å². The predicted molar refractivity (Wildman–Crippen MR) is 69.3 cm³/mol. The molecule has 1 aromatic heterocycles. The topological polar surface area (TPSA) is 62.0 Å². The van der Waals surface area contributed by atoms with E-state index >= 15 is 0 Å². The Morgan fingerprint density at radius 3 is 2.79 bits per heavy atom. The van der Waals surface area contributed by atoms with Crippen molar-refractivity contribution in [1.82, 2.24) is 10.3 Å². The molecule has 1 aromatic carbocycles. The van der Waals surface area contributed by atoms with E-state index in [1.54, 1.807) is 19.1 Å². The second-order valence-corrected chi connectivity index (χ2v) is 4.19. The van der Waals surface area contributed by atoms with Gasteiger partial charge in [-0.05, 0) is 30.7 Å². The van der Waals surface area contributed by atoms with Crippen LogP contribution in [0.2, 0.25) is 0 Å². The lowest BCUT2D eigenvalue weighted by Gasteiger charge is -2.14. The van der Waals surface area contributed by atoms with Crippen LogP contribution in [0.5, 0.6) is 0 Å². The lowest BCUT2D eigenvalue weighted by molar-refractivity contribution is 0.0939. The lowest BCUT2D eigenvalue weighted by Crippen LogP contribution is -2.27. The van der Waals surface area contributed by atoms with Crippen LogP contribution in [-0.2, 0) is 0 Å². The quantitative estimate of drug-likeness (QED) is 0.886. The molecule has 1 amide bonds. The molecule has 0 fully saturated rings. The fourth-order valence-corrected chi connectivity index (χ4v) is 1.73. The summed E-state index contributed by atoms with van der Waals surface area (Å²) in [6.45, 7) is 1.75. The largest absolute Gasteiger partial charge is 0.346 e. The zero-order chi connectivity index (χ0) is 13.8. The highest BCUT2D eigenvalue weighted by Crippen LogP contribution is 2.13. The van der Waals surface area contributed by atoms with Crippen LogP contribution in [0, 0.1) is 5.82 Å². The van der Waals surface area contributed by atoms with Crippen LogP contribution < -0.4 is 10.9 Å². The molecule has 0 saturated carbocycles. The number of benzene rings is 1. The minimum absolute atomic E-state index is 0.270. The SMILES string of the molecule is CC(NC(=O)c1cc[nH]c(=O)c1)c1cccc(F)c1. The molecule has 19 heavy (non-hydrogen) atoms. The van der Waals surface area contributed by atoms with Crippen LogP contribution in [0.25, 0.3) is 0 Å². The van der Waals surface area contributed by atoms with Crippen molar-refractivity contribution in [2.75, 3.05) is 0 Å². The van der Waals surface area contributed by atoms with Gasteiger partial charge in [-0.15, -0.1) is 0 Å². The molecule has 0 bridgehead atoms. The third-order valence-electron chi connectivity index (χ3n) is 2.73. The summed E-state index contributed by atoms with van der Waals surface area (Å²) in [6, 6.07) is 8.40. The van der Waals surface area contributed by atoms with Crippen LogP contribution in [0.15, 0.2) is 47.4 Å². The molecule has 0 aliphatic heterocycles. The van der Waals surface area contributed by atoms with Gasteiger partial charge in [0.2, 0.25) is 5.56 Å². The van der Waals surface area contributed by atoms with Gasteiger partial charge in [-0.1, -0.05) is 12.1 Å². The third kappa shape index (κ3) is 3.28. The Morgan fingerprint density at radius 2 is 2.11 bits per heavy atom. The maximum Gasteiger partial charge on any atom is 0.252 e. The van der Waals surface area contributed by atoms with Gasteiger partial charge in [-0.25, -0.2) is 4.39 Å². The second-order valence-electron chi connectivity index (χ2n) is 4.19. The number of carbonyl (C=O) groups excluding carboxylic acids is 1. The summed E-state index contributed by atoms with van der Waals surface area (Å²) >= 11 is 0. The molecule has 0 radical (unpaired) electrons. The van der Waals surface area contributed by atoms with Crippen LogP contribution in [0.4, 0.5) is 4.39 Å². The molecule has 1 unspecified atom stereocenters. The van der Waals surface area contributed by atoms with Gasteiger partial charge >= 0.3 is 0 Å². The van der Waals surface area contributed by atoms with Crippen molar-refractivity contribution in [3.63, 3.8) is 0 Å². The number of amides is 1. The first-order valence-electron chi connectivity index (χ1n) is 5.81. The van der Waals surface area contributed by atoms with E-state index in [1.807, 2.05) is 0 Å². The number of hydrogen-bond acceptors (Lipinski definition) is 2. The molecule has 5 heteroatoms. The molecule has 0 spiro atoms. The first kappa shape index (κ1) is 13.0. The number of carbonyl (C=O) groups is 1. The molecule has 2 N–H and O–H groups in total. The molecular weight excluding hydrogens is 247 g/mol. The van der Waals surface area contributed by atoms with Gasteiger partial charge in [0, 0.05) is 17.8 Å². The highest BCUT2D eigenvalue weighted by molar-refractivity contribution is 5.94. The standard InChI is InChI=1S/C14H13FN2O2/c1-9(10-3-2-4-12(15)7-10)17-14(19)11-5-6-16-13(18)8-11/h2-9H,1H3,(H,16,18)(H,17,19). The zero-order valence-corrected chi connectivity index (χ0v) is 10.3. The van der Waals surface area contributed by atoms with Crippen LogP contribution in [-0.4, -0.2) is 10.9 Å². The number of hydrogen-bond donors (Lipinski definition) is 2. The highest BCUT2D eigenvalue weighted by Gasteiger charge is 2.12.